The Morgan fingerprint density at radius 2 is 1.93 bits per heavy atom. The standard InChI is InChI=1S/C17H14ClF4N3O3S/c1-29(27,28)25-13-5-2-10(8-12(13)19)9-23-15(26)7-4-11-3-6-14(17(20,21)22)24-16(11)18/h2-8,25H,9H2,1H3,(H,23,26). The van der Waals surface area contributed by atoms with E-state index in [0.29, 0.717) is 5.56 Å². The Labute approximate surface area is 168 Å². The van der Waals surface area contributed by atoms with E-state index in [1.165, 1.54) is 18.2 Å². The number of amides is 1. The molecule has 1 amide bonds. The van der Waals surface area contributed by atoms with Crippen LogP contribution in [0.25, 0.3) is 6.08 Å². The minimum Gasteiger partial charge on any atom is -0.348 e. The number of anilines is 1. The maximum atomic E-state index is 13.9. The number of benzene rings is 1. The quantitative estimate of drug-likeness (QED) is 0.399. The van der Waals surface area contributed by atoms with Crippen LogP contribution < -0.4 is 10.0 Å². The van der Waals surface area contributed by atoms with E-state index < -0.39 is 38.8 Å². The molecule has 0 saturated heterocycles. The highest BCUT2D eigenvalue weighted by Crippen LogP contribution is 2.29. The first kappa shape index (κ1) is 22.6. The van der Waals surface area contributed by atoms with Crippen LogP contribution in [0.3, 0.4) is 0 Å². The lowest BCUT2D eigenvalue weighted by Gasteiger charge is -2.08. The van der Waals surface area contributed by atoms with Crippen LogP contribution >= 0.6 is 11.6 Å². The predicted octanol–water partition coefficient (Wildman–Crippen LogP) is 3.59. The highest BCUT2D eigenvalue weighted by Gasteiger charge is 2.32. The van der Waals surface area contributed by atoms with E-state index in [0.717, 1.165) is 30.5 Å². The smallest absolute Gasteiger partial charge is 0.348 e. The van der Waals surface area contributed by atoms with Crippen LogP contribution in [0.4, 0.5) is 23.2 Å². The number of carbonyl (C=O) groups is 1. The number of nitrogens with one attached hydrogen (secondary N) is 2. The van der Waals surface area contributed by atoms with E-state index in [9.17, 15) is 30.8 Å². The molecule has 0 bridgehead atoms. The van der Waals surface area contributed by atoms with Crippen molar-refractivity contribution < 1.29 is 30.8 Å². The maximum absolute atomic E-state index is 13.9. The Balaban J connectivity index is 1.99. The number of carbonyl (C=O) groups excluding carboxylic acids is 1. The normalized spacial score (nSPS) is 12.2. The fourth-order valence-electron chi connectivity index (χ4n) is 2.09. The van der Waals surface area contributed by atoms with E-state index in [-0.39, 0.29) is 17.8 Å². The molecule has 2 aromatic rings. The topological polar surface area (TPSA) is 88.2 Å². The van der Waals surface area contributed by atoms with Crippen molar-refractivity contribution in [3.8, 4) is 0 Å². The van der Waals surface area contributed by atoms with Crippen LogP contribution in [0.15, 0.2) is 36.4 Å². The first-order chi connectivity index (χ1) is 13.3. The summed E-state index contributed by atoms with van der Waals surface area (Å²) in [6.07, 6.45) is -1.53. The van der Waals surface area contributed by atoms with Crippen LogP contribution in [0.1, 0.15) is 16.8 Å². The van der Waals surface area contributed by atoms with Crippen molar-refractivity contribution in [2.24, 2.45) is 0 Å². The Hall–Kier alpha value is -2.66. The molecule has 0 aliphatic carbocycles. The summed E-state index contributed by atoms with van der Waals surface area (Å²) in [7, 11) is -3.63. The van der Waals surface area contributed by atoms with Gasteiger partial charge >= 0.3 is 6.18 Å². The molecule has 0 aliphatic heterocycles. The van der Waals surface area contributed by atoms with Crippen LogP contribution in [0, 0.1) is 5.82 Å². The van der Waals surface area contributed by atoms with Crippen LogP contribution in [-0.2, 0) is 27.5 Å². The summed E-state index contributed by atoms with van der Waals surface area (Å²) in [5.74, 6) is -1.43. The van der Waals surface area contributed by atoms with Crippen molar-refractivity contribution in [3.05, 3.63) is 64.2 Å². The minimum absolute atomic E-state index is 0.0712. The van der Waals surface area contributed by atoms with Crippen molar-refractivity contribution in [2.75, 3.05) is 11.0 Å². The fraction of sp³-hybridized carbons (Fsp3) is 0.176. The average Bonchev–Trinajstić information content (AvgIpc) is 2.59. The molecule has 1 aromatic carbocycles. The van der Waals surface area contributed by atoms with Gasteiger partial charge in [-0.05, 0) is 35.9 Å². The lowest BCUT2D eigenvalue weighted by Crippen LogP contribution is -2.20. The Morgan fingerprint density at radius 3 is 2.48 bits per heavy atom. The number of hydrogen-bond acceptors (Lipinski definition) is 4. The lowest BCUT2D eigenvalue weighted by molar-refractivity contribution is -0.141. The molecule has 156 valence electrons. The summed E-state index contributed by atoms with van der Waals surface area (Å²) in [5.41, 5.74) is -0.915. The van der Waals surface area contributed by atoms with Gasteiger partial charge in [0, 0.05) is 18.2 Å². The molecular formula is C17H14ClF4N3O3S. The number of rotatable bonds is 6. The van der Waals surface area contributed by atoms with Crippen molar-refractivity contribution in [1.29, 1.82) is 0 Å². The molecule has 0 spiro atoms. The molecule has 0 aliphatic rings. The summed E-state index contributed by atoms with van der Waals surface area (Å²) in [4.78, 5) is 15.1. The number of alkyl halides is 3. The Morgan fingerprint density at radius 1 is 1.24 bits per heavy atom. The molecule has 0 radical (unpaired) electrons. The van der Waals surface area contributed by atoms with Gasteiger partial charge in [-0.15, -0.1) is 0 Å². The summed E-state index contributed by atoms with van der Waals surface area (Å²) in [6.45, 7) is -0.0712. The minimum atomic E-state index is -4.63. The zero-order valence-electron chi connectivity index (χ0n) is 14.7. The summed E-state index contributed by atoms with van der Waals surface area (Å²) in [5, 5.41) is 2.03. The molecule has 12 heteroatoms. The predicted molar refractivity (Wildman–Crippen MR) is 100.0 cm³/mol. The van der Waals surface area contributed by atoms with Gasteiger partial charge in [-0.25, -0.2) is 17.8 Å². The molecule has 0 unspecified atom stereocenters. The van der Waals surface area contributed by atoms with Gasteiger partial charge < -0.3 is 5.32 Å². The van der Waals surface area contributed by atoms with E-state index in [1.807, 2.05) is 4.72 Å². The second kappa shape index (κ2) is 8.78. The average molecular weight is 452 g/mol. The van der Waals surface area contributed by atoms with Crippen LogP contribution in [-0.4, -0.2) is 25.6 Å². The second-order valence-corrected chi connectivity index (χ2v) is 7.92. The molecule has 0 atom stereocenters. The first-order valence-electron chi connectivity index (χ1n) is 7.81. The number of aromatic nitrogens is 1. The van der Waals surface area contributed by atoms with Gasteiger partial charge in [0.15, 0.2) is 0 Å². The van der Waals surface area contributed by atoms with E-state index in [4.69, 9.17) is 11.6 Å². The van der Waals surface area contributed by atoms with Gasteiger partial charge in [-0.3, -0.25) is 9.52 Å². The van der Waals surface area contributed by atoms with E-state index in [1.54, 1.807) is 0 Å². The Kier molecular flexibility index (Phi) is 6.85. The van der Waals surface area contributed by atoms with E-state index in [2.05, 4.69) is 10.3 Å². The molecule has 29 heavy (non-hydrogen) atoms. The van der Waals surface area contributed by atoms with Gasteiger partial charge in [0.1, 0.15) is 16.7 Å². The number of pyridine rings is 1. The van der Waals surface area contributed by atoms with Gasteiger partial charge in [0.2, 0.25) is 15.9 Å². The van der Waals surface area contributed by atoms with Gasteiger partial charge in [-0.1, -0.05) is 17.7 Å². The molecule has 1 heterocycles. The number of halogens is 5. The molecule has 0 fully saturated rings. The second-order valence-electron chi connectivity index (χ2n) is 5.81. The van der Waals surface area contributed by atoms with Gasteiger partial charge in [-0.2, -0.15) is 13.2 Å². The highest BCUT2D eigenvalue weighted by atomic mass is 35.5. The molecule has 2 rings (SSSR count). The van der Waals surface area contributed by atoms with Gasteiger partial charge in [0.05, 0.1) is 11.9 Å². The highest BCUT2D eigenvalue weighted by molar-refractivity contribution is 7.92. The first-order valence-corrected chi connectivity index (χ1v) is 10.1. The third kappa shape index (κ3) is 7.02. The summed E-state index contributed by atoms with van der Waals surface area (Å²) < 4.78 is 75.8. The van der Waals surface area contributed by atoms with Crippen molar-refractivity contribution >= 4 is 39.3 Å². The fourth-order valence-corrected chi connectivity index (χ4v) is 2.87. The summed E-state index contributed by atoms with van der Waals surface area (Å²) in [6, 6.07) is 5.48. The zero-order valence-corrected chi connectivity index (χ0v) is 16.3. The van der Waals surface area contributed by atoms with Crippen molar-refractivity contribution in [3.63, 3.8) is 0 Å². The molecule has 6 nitrogen and oxygen atoms in total. The Bertz CT molecular complexity index is 1060. The molecule has 1 aromatic heterocycles. The number of sulfonamides is 1. The van der Waals surface area contributed by atoms with Crippen LogP contribution in [0.5, 0.6) is 0 Å². The van der Waals surface area contributed by atoms with Crippen molar-refractivity contribution in [2.45, 2.75) is 12.7 Å². The summed E-state index contributed by atoms with van der Waals surface area (Å²) >= 11 is 5.69. The van der Waals surface area contributed by atoms with Gasteiger partial charge in [0.25, 0.3) is 0 Å². The largest absolute Gasteiger partial charge is 0.433 e. The number of hydrogen-bond donors (Lipinski definition) is 2. The third-order valence-corrected chi connectivity index (χ3v) is 4.27. The van der Waals surface area contributed by atoms with E-state index >= 15 is 0 Å². The lowest BCUT2D eigenvalue weighted by atomic mass is 10.2. The number of nitrogens with zero attached hydrogens (tertiary/aromatic N) is 1. The molecule has 0 saturated carbocycles. The SMILES string of the molecule is CS(=O)(=O)Nc1ccc(CNC(=O)C=Cc2ccc(C(F)(F)F)nc2Cl)cc1F. The monoisotopic (exact) mass is 451 g/mol. The maximum Gasteiger partial charge on any atom is 0.433 e. The molecule has 2 N–H and O–H groups in total. The third-order valence-electron chi connectivity index (χ3n) is 3.38. The zero-order chi connectivity index (χ0) is 21.8. The molecular weight excluding hydrogens is 438 g/mol. The van der Waals surface area contributed by atoms with Crippen LogP contribution in [0.2, 0.25) is 5.15 Å². The van der Waals surface area contributed by atoms with Crippen molar-refractivity contribution in [1.82, 2.24) is 10.3 Å².